The van der Waals surface area contributed by atoms with E-state index in [-0.39, 0.29) is 17.7 Å². The number of hydrogen-bond acceptors (Lipinski definition) is 4. The number of pyridine rings is 1. The van der Waals surface area contributed by atoms with E-state index in [0.29, 0.717) is 13.0 Å². The van der Waals surface area contributed by atoms with Gasteiger partial charge in [0.2, 0.25) is 0 Å². The van der Waals surface area contributed by atoms with Crippen LogP contribution >= 0.6 is 0 Å². The van der Waals surface area contributed by atoms with Crippen molar-refractivity contribution in [1.29, 1.82) is 0 Å². The lowest BCUT2D eigenvalue weighted by atomic mass is 10.0. The zero-order valence-electron chi connectivity index (χ0n) is 13.1. The molecule has 0 atom stereocenters. The van der Waals surface area contributed by atoms with Gasteiger partial charge in [-0.15, -0.1) is 0 Å². The lowest BCUT2D eigenvalue weighted by Crippen LogP contribution is -2.45. The number of benzene rings is 1. The third-order valence-corrected chi connectivity index (χ3v) is 5.46. The molecule has 0 aliphatic carbocycles. The Bertz CT molecular complexity index is 950. The minimum absolute atomic E-state index is 0.0130. The minimum Gasteiger partial charge on any atom is -0.319 e. The van der Waals surface area contributed by atoms with Crippen molar-refractivity contribution in [2.75, 3.05) is 6.54 Å². The molecule has 0 saturated carbocycles. The molecule has 1 aromatic heterocycles. The van der Waals surface area contributed by atoms with Crippen LogP contribution in [0.2, 0.25) is 0 Å². The van der Waals surface area contributed by atoms with Crippen molar-refractivity contribution in [1.82, 2.24) is 13.6 Å². The summed E-state index contributed by atoms with van der Waals surface area (Å²) in [6.07, 6.45) is 2.01. The van der Waals surface area contributed by atoms with Crippen LogP contribution in [0.15, 0.2) is 47.4 Å². The van der Waals surface area contributed by atoms with E-state index in [4.69, 9.17) is 0 Å². The predicted octanol–water partition coefficient (Wildman–Crippen LogP) is 0.418. The summed E-state index contributed by atoms with van der Waals surface area (Å²) < 4.78 is 29.4. The Hall–Kier alpha value is -2.45. The number of nitrogens with zero attached hydrogens (tertiary/aromatic N) is 2. The van der Waals surface area contributed by atoms with E-state index in [1.165, 1.54) is 21.1 Å². The summed E-state index contributed by atoms with van der Waals surface area (Å²) >= 11 is 0. The molecule has 1 aromatic carbocycles. The van der Waals surface area contributed by atoms with Gasteiger partial charge in [-0.3, -0.25) is 9.59 Å². The molecule has 24 heavy (non-hydrogen) atoms. The van der Waals surface area contributed by atoms with E-state index in [0.717, 1.165) is 17.2 Å². The standard InChI is InChI=1S/C16H17N3O4S/c1-18-8-6-13(10-15(18)20)16(21)17-24(22,23)19-9-7-12-4-2-3-5-14(12)11-19/h2-6,8,10H,7,9,11H2,1H3,(H,17,21). The number of aromatic nitrogens is 1. The molecule has 0 radical (unpaired) electrons. The van der Waals surface area contributed by atoms with E-state index in [1.54, 1.807) is 7.05 Å². The lowest BCUT2D eigenvalue weighted by molar-refractivity contribution is 0.0978. The summed E-state index contributed by atoms with van der Waals surface area (Å²) in [4.78, 5) is 23.7. The molecule has 0 unspecified atom stereocenters. The maximum atomic E-state index is 12.4. The SMILES string of the molecule is Cn1ccc(C(=O)NS(=O)(=O)N2CCc3ccccc3C2)cc1=O. The fraction of sp³-hybridized carbons (Fsp3) is 0.250. The van der Waals surface area contributed by atoms with Gasteiger partial charge in [0.05, 0.1) is 0 Å². The maximum Gasteiger partial charge on any atom is 0.304 e. The first kappa shape index (κ1) is 16.4. The highest BCUT2D eigenvalue weighted by atomic mass is 32.2. The number of carbonyl (C=O) groups excluding carboxylic acids is 1. The summed E-state index contributed by atoms with van der Waals surface area (Å²) in [5.41, 5.74) is 1.67. The van der Waals surface area contributed by atoms with Crippen LogP contribution in [0.3, 0.4) is 0 Å². The average Bonchev–Trinajstić information content (AvgIpc) is 2.56. The summed E-state index contributed by atoms with van der Waals surface area (Å²) in [6, 6.07) is 10.1. The first-order valence-electron chi connectivity index (χ1n) is 7.42. The van der Waals surface area contributed by atoms with Crippen LogP contribution in [-0.4, -0.2) is 29.7 Å². The zero-order valence-corrected chi connectivity index (χ0v) is 13.9. The molecule has 2 heterocycles. The summed E-state index contributed by atoms with van der Waals surface area (Å²) in [6.45, 7) is 0.519. The van der Waals surface area contributed by atoms with Gasteiger partial charge in [0, 0.05) is 38.0 Å². The van der Waals surface area contributed by atoms with Gasteiger partial charge in [0.15, 0.2) is 0 Å². The molecule has 1 amide bonds. The molecule has 3 rings (SSSR count). The quantitative estimate of drug-likeness (QED) is 0.871. The minimum atomic E-state index is -3.97. The van der Waals surface area contributed by atoms with Crippen molar-refractivity contribution in [3.8, 4) is 0 Å². The van der Waals surface area contributed by atoms with E-state index < -0.39 is 16.1 Å². The Balaban J connectivity index is 1.78. The van der Waals surface area contributed by atoms with E-state index in [9.17, 15) is 18.0 Å². The number of aryl methyl sites for hydroxylation is 1. The van der Waals surface area contributed by atoms with Crippen molar-refractivity contribution in [3.05, 3.63) is 69.6 Å². The van der Waals surface area contributed by atoms with Gasteiger partial charge >= 0.3 is 10.2 Å². The molecule has 126 valence electrons. The number of carbonyl (C=O) groups is 1. The number of hydrogen-bond donors (Lipinski definition) is 1. The van der Waals surface area contributed by atoms with Gasteiger partial charge in [0.25, 0.3) is 11.5 Å². The smallest absolute Gasteiger partial charge is 0.304 e. The highest BCUT2D eigenvalue weighted by molar-refractivity contribution is 7.87. The Morgan fingerprint density at radius 2 is 1.88 bits per heavy atom. The van der Waals surface area contributed by atoms with Crippen molar-refractivity contribution >= 4 is 16.1 Å². The van der Waals surface area contributed by atoms with Crippen LogP contribution in [0.4, 0.5) is 0 Å². The topological polar surface area (TPSA) is 88.5 Å². The van der Waals surface area contributed by atoms with Gasteiger partial charge in [-0.2, -0.15) is 12.7 Å². The number of nitrogens with one attached hydrogen (secondary N) is 1. The van der Waals surface area contributed by atoms with Crippen molar-refractivity contribution in [2.24, 2.45) is 7.05 Å². The number of rotatable bonds is 3. The van der Waals surface area contributed by atoms with Crippen LogP contribution < -0.4 is 10.3 Å². The molecule has 0 fully saturated rings. The lowest BCUT2D eigenvalue weighted by Gasteiger charge is -2.27. The molecule has 1 aliphatic rings. The fourth-order valence-corrected chi connectivity index (χ4v) is 3.73. The fourth-order valence-electron chi connectivity index (χ4n) is 2.61. The Morgan fingerprint density at radius 3 is 2.58 bits per heavy atom. The third kappa shape index (κ3) is 3.24. The van der Waals surface area contributed by atoms with Crippen molar-refractivity contribution in [3.63, 3.8) is 0 Å². The predicted molar refractivity (Wildman–Crippen MR) is 88.6 cm³/mol. The summed E-state index contributed by atoms with van der Waals surface area (Å²) in [5.74, 6) is -0.813. The molecule has 0 bridgehead atoms. The molecular formula is C16H17N3O4S. The second kappa shape index (κ2) is 6.21. The molecule has 8 heteroatoms. The van der Waals surface area contributed by atoms with Gasteiger partial charge < -0.3 is 4.57 Å². The molecule has 0 spiro atoms. The highest BCUT2D eigenvalue weighted by Gasteiger charge is 2.28. The van der Waals surface area contributed by atoms with Gasteiger partial charge in [-0.1, -0.05) is 24.3 Å². The number of amides is 1. The third-order valence-electron chi connectivity index (χ3n) is 4.02. The van der Waals surface area contributed by atoms with Crippen LogP contribution in [0.1, 0.15) is 21.5 Å². The van der Waals surface area contributed by atoms with E-state index in [1.807, 2.05) is 29.0 Å². The molecule has 1 N–H and O–H groups in total. The number of fused-ring (bicyclic) bond motifs is 1. The van der Waals surface area contributed by atoms with Crippen molar-refractivity contribution < 1.29 is 13.2 Å². The molecule has 1 aliphatic heterocycles. The second-order valence-electron chi connectivity index (χ2n) is 5.65. The molecule has 7 nitrogen and oxygen atoms in total. The van der Waals surface area contributed by atoms with Crippen LogP contribution in [-0.2, 0) is 30.2 Å². The zero-order chi connectivity index (χ0) is 17.3. The maximum absolute atomic E-state index is 12.4. The molecule has 0 saturated heterocycles. The largest absolute Gasteiger partial charge is 0.319 e. The van der Waals surface area contributed by atoms with E-state index >= 15 is 0 Å². The Kier molecular flexibility index (Phi) is 4.25. The summed E-state index contributed by atoms with van der Waals surface area (Å²) in [7, 11) is -2.42. The van der Waals surface area contributed by atoms with Gasteiger partial charge in [-0.05, 0) is 23.6 Å². The van der Waals surface area contributed by atoms with Gasteiger partial charge in [-0.25, -0.2) is 4.72 Å². The Labute approximate surface area is 139 Å². The first-order valence-corrected chi connectivity index (χ1v) is 8.86. The average molecular weight is 347 g/mol. The highest BCUT2D eigenvalue weighted by Crippen LogP contribution is 2.20. The second-order valence-corrected chi connectivity index (χ2v) is 7.32. The Morgan fingerprint density at radius 1 is 1.17 bits per heavy atom. The van der Waals surface area contributed by atoms with Crippen LogP contribution in [0.25, 0.3) is 0 Å². The first-order chi connectivity index (χ1) is 11.4. The van der Waals surface area contributed by atoms with Crippen molar-refractivity contribution in [2.45, 2.75) is 13.0 Å². The monoisotopic (exact) mass is 347 g/mol. The van der Waals surface area contributed by atoms with Crippen LogP contribution in [0, 0.1) is 0 Å². The molecule has 2 aromatic rings. The normalized spacial score (nSPS) is 14.9. The van der Waals surface area contributed by atoms with Crippen LogP contribution in [0.5, 0.6) is 0 Å². The van der Waals surface area contributed by atoms with E-state index in [2.05, 4.69) is 0 Å². The van der Waals surface area contributed by atoms with Gasteiger partial charge in [0.1, 0.15) is 0 Å². The molecular weight excluding hydrogens is 330 g/mol. The summed E-state index contributed by atoms with van der Waals surface area (Å²) in [5, 5.41) is 0.